The van der Waals surface area contributed by atoms with E-state index in [1.807, 2.05) is 24.4 Å². The van der Waals surface area contributed by atoms with Gasteiger partial charge in [-0.2, -0.15) is 0 Å². The molecule has 0 bridgehead atoms. The number of halogens is 1. The topological polar surface area (TPSA) is 56.9 Å². The standard InChI is InChI=1S/C20H20FN3OS/c21-14-5-6-19-16(11-14)18(8-10-26-19)24-20(25)22-9-7-13-12-23-17-4-2-1-3-15(13)17/h1-6,11-12,18,23H,7-10H2,(H2,22,24,25). The van der Waals surface area contributed by atoms with E-state index in [0.29, 0.717) is 6.54 Å². The van der Waals surface area contributed by atoms with E-state index in [1.54, 1.807) is 17.8 Å². The summed E-state index contributed by atoms with van der Waals surface area (Å²) in [5.74, 6) is 0.650. The van der Waals surface area contributed by atoms with Crippen LogP contribution in [-0.2, 0) is 6.42 Å². The molecule has 4 nitrogen and oxygen atoms in total. The largest absolute Gasteiger partial charge is 0.361 e. The third-order valence-corrected chi connectivity index (χ3v) is 5.79. The second-order valence-electron chi connectivity index (χ2n) is 6.38. The Bertz CT molecular complexity index is 940. The zero-order valence-corrected chi connectivity index (χ0v) is 15.0. The van der Waals surface area contributed by atoms with Crippen LogP contribution in [-0.4, -0.2) is 23.3 Å². The predicted molar refractivity (Wildman–Crippen MR) is 103 cm³/mol. The van der Waals surface area contributed by atoms with Gasteiger partial charge in [-0.15, -0.1) is 11.8 Å². The van der Waals surface area contributed by atoms with Crippen molar-refractivity contribution in [2.24, 2.45) is 0 Å². The van der Waals surface area contributed by atoms with Crippen LogP contribution < -0.4 is 10.6 Å². The number of carbonyl (C=O) groups excluding carboxylic acids is 1. The lowest BCUT2D eigenvalue weighted by Gasteiger charge is -2.26. The van der Waals surface area contributed by atoms with Crippen LogP contribution in [0.25, 0.3) is 10.9 Å². The van der Waals surface area contributed by atoms with Gasteiger partial charge in [-0.25, -0.2) is 9.18 Å². The molecule has 26 heavy (non-hydrogen) atoms. The summed E-state index contributed by atoms with van der Waals surface area (Å²) in [6, 6.07) is 12.6. The van der Waals surface area contributed by atoms with Gasteiger partial charge in [0.25, 0.3) is 0 Å². The van der Waals surface area contributed by atoms with Crippen molar-refractivity contribution in [3.05, 3.63) is 65.6 Å². The fourth-order valence-electron chi connectivity index (χ4n) is 3.37. The second-order valence-corrected chi connectivity index (χ2v) is 7.52. The van der Waals surface area contributed by atoms with E-state index >= 15 is 0 Å². The number of benzene rings is 2. The Balaban J connectivity index is 1.34. The molecule has 3 N–H and O–H groups in total. The zero-order chi connectivity index (χ0) is 17.9. The maximum Gasteiger partial charge on any atom is 0.315 e. The molecule has 1 aliphatic heterocycles. The monoisotopic (exact) mass is 369 g/mol. The summed E-state index contributed by atoms with van der Waals surface area (Å²) in [6.07, 6.45) is 3.54. The van der Waals surface area contributed by atoms with Crippen LogP contribution in [0.4, 0.5) is 9.18 Å². The van der Waals surface area contributed by atoms with Gasteiger partial charge in [0, 0.05) is 34.3 Å². The number of carbonyl (C=O) groups is 1. The van der Waals surface area contributed by atoms with E-state index < -0.39 is 0 Å². The normalized spacial score (nSPS) is 16.3. The predicted octanol–water partition coefficient (Wildman–Crippen LogP) is 4.39. The van der Waals surface area contributed by atoms with Crippen LogP contribution >= 0.6 is 11.8 Å². The number of hydrogen-bond donors (Lipinski definition) is 3. The van der Waals surface area contributed by atoms with Gasteiger partial charge in [-0.1, -0.05) is 18.2 Å². The fourth-order valence-corrected chi connectivity index (χ4v) is 4.48. The van der Waals surface area contributed by atoms with Crippen molar-refractivity contribution < 1.29 is 9.18 Å². The Kier molecular flexibility index (Phi) is 4.84. The third kappa shape index (κ3) is 3.55. The minimum Gasteiger partial charge on any atom is -0.361 e. The summed E-state index contributed by atoms with van der Waals surface area (Å²) in [5, 5.41) is 7.08. The van der Waals surface area contributed by atoms with E-state index in [0.717, 1.165) is 34.6 Å². The number of para-hydroxylation sites is 1. The highest BCUT2D eigenvalue weighted by atomic mass is 32.2. The van der Waals surface area contributed by atoms with E-state index in [1.165, 1.54) is 23.1 Å². The molecule has 4 rings (SSSR count). The van der Waals surface area contributed by atoms with Gasteiger partial charge in [-0.3, -0.25) is 0 Å². The lowest BCUT2D eigenvalue weighted by molar-refractivity contribution is 0.236. The van der Waals surface area contributed by atoms with Gasteiger partial charge in [0.1, 0.15) is 5.82 Å². The summed E-state index contributed by atoms with van der Waals surface area (Å²) in [7, 11) is 0. The van der Waals surface area contributed by atoms with Crippen LogP contribution in [0, 0.1) is 5.82 Å². The number of urea groups is 1. The number of hydrogen-bond acceptors (Lipinski definition) is 2. The first-order chi connectivity index (χ1) is 12.7. The van der Waals surface area contributed by atoms with Gasteiger partial charge in [0.05, 0.1) is 6.04 Å². The van der Waals surface area contributed by atoms with E-state index in [4.69, 9.17) is 0 Å². The van der Waals surface area contributed by atoms with Crippen LogP contribution in [0.15, 0.2) is 53.6 Å². The Morgan fingerprint density at radius 3 is 3.08 bits per heavy atom. The Hall–Kier alpha value is -2.47. The van der Waals surface area contributed by atoms with Crippen molar-refractivity contribution in [1.82, 2.24) is 15.6 Å². The Morgan fingerprint density at radius 2 is 2.15 bits per heavy atom. The summed E-state index contributed by atoms with van der Waals surface area (Å²) in [6.45, 7) is 0.547. The zero-order valence-electron chi connectivity index (χ0n) is 14.2. The highest BCUT2D eigenvalue weighted by molar-refractivity contribution is 7.99. The molecule has 3 aromatic rings. The summed E-state index contributed by atoms with van der Waals surface area (Å²) in [4.78, 5) is 16.6. The average molecular weight is 369 g/mol. The molecule has 2 aromatic carbocycles. The smallest absolute Gasteiger partial charge is 0.315 e. The molecule has 0 radical (unpaired) electrons. The molecule has 0 spiro atoms. The number of amides is 2. The molecular weight excluding hydrogens is 349 g/mol. The van der Waals surface area contributed by atoms with Gasteiger partial charge in [0.15, 0.2) is 0 Å². The number of nitrogens with one attached hydrogen (secondary N) is 3. The number of rotatable bonds is 4. The quantitative estimate of drug-likeness (QED) is 0.639. The molecular formula is C20H20FN3OS. The SMILES string of the molecule is O=C(NCCc1c[nH]c2ccccc12)NC1CCSc2ccc(F)cc21. The van der Waals surface area contributed by atoms with E-state index in [-0.39, 0.29) is 17.9 Å². The third-order valence-electron chi connectivity index (χ3n) is 4.67. The number of aromatic amines is 1. The molecule has 134 valence electrons. The molecule has 1 unspecified atom stereocenters. The first-order valence-electron chi connectivity index (χ1n) is 8.72. The molecule has 1 aromatic heterocycles. The molecule has 0 saturated heterocycles. The summed E-state index contributed by atoms with van der Waals surface area (Å²) < 4.78 is 13.6. The van der Waals surface area contributed by atoms with Gasteiger partial charge < -0.3 is 15.6 Å². The van der Waals surface area contributed by atoms with Crippen molar-refractivity contribution in [3.8, 4) is 0 Å². The Labute approximate surface area is 155 Å². The first kappa shape index (κ1) is 17.0. The van der Waals surface area contributed by atoms with E-state index in [9.17, 15) is 9.18 Å². The van der Waals surface area contributed by atoms with Crippen LogP contribution in [0.2, 0.25) is 0 Å². The van der Waals surface area contributed by atoms with Crippen molar-refractivity contribution in [3.63, 3.8) is 0 Å². The second kappa shape index (κ2) is 7.41. The van der Waals surface area contributed by atoms with Crippen molar-refractivity contribution in [2.75, 3.05) is 12.3 Å². The fraction of sp³-hybridized carbons (Fsp3) is 0.250. The average Bonchev–Trinajstić information content (AvgIpc) is 3.06. The minimum atomic E-state index is -0.266. The molecule has 1 aliphatic rings. The number of thioether (sulfide) groups is 1. The molecule has 0 aliphatic carbocycles. The maximum atomic E-state index is 13.6. The lowest BCUT2D eigenvalue weighted by Crippen LogP contribution is -2.39. The maximum absolute atomic E-state index is 13.6. The molecule has 0 saturated carbocycles. The van der Waals surface area contributed by atoms with Crippen LogP contribution in [0.1, 0.15) is 23.6 Å². The highest BCUT2D eigenvalue weighted by Crippen LogP contribution is 2.36. The molecule has 6 heteroatoms. The van der Waals surface area contributed by atoms with Crippen molar-refractivity contribution >= 4 is 28.7 Å². The van der Waals surface area contributed by atoms with Crippen LogP contribution in [0.3, 0.4) is 0 Å². The van der Waals surface area contributed by atoms with Gasteiger partial charge in [0.2, 0.25) is 0 Å². The highest BCUT2D eigenvalue weighted by Gasteiger charge is 2.22. The summed E-state index contributed by atoms with van der Waals surface area (Å²) in [5.41, 5.74) is 3.15. The van der Waals surface area contributed by atoms with Gasteiger partial charge in [-0.05, 0) is 48.2 Å². The van der Waals surface area contributed by atoms with Gasteiger partial charge >= 0.3 is 6.03 Å². The first-order valence-corrected chi connectivity index (χ1v) is 9.71. The van der Waals surface area contributed by atoms with Crippen molar-refractivity contribution in [2.45, 2.75) is 23.8 Å². The Morgan fingerprint density at radius 1 is 1.27 bits per heavy atom. The minimum absolute atomic E-state index is 0.143. The van der Waals surface area contributed by atoms with Crippen LogP contribution in [0.5, 0.6) is 0 Å². The van der Waals surface area contributed by atoms with Crippen molar-refractivity contribution in [1.29, 1.82) is 0 Å². The number of fused-ring (bicyclic) bond motifs is 2. The molecule has 2 amide bonds. The molecule has 0 fully saturated rings. The summed E-state index contributed by atoms with van der Waals surface area (Å²) >= 11 is 1.70. The number of aromatic nitrogens is 1. The number of H-pyrrole nitrogens is 1. The molecule has 1 atom stereocenters. The lowest BCUT2D eigenvalue weighted by atomic mass is 10.0. The van der Waals surface area contributed by atoms with E-state index in [2.05, 4.69) is 21.7 Å². The molecule has 2 heterocycles.